The second kappa shape index (κ2) is 11.1. The van der Waals surface area contributed by atoms with E-state index >= 15 is 0 Å². The Labute approximate surface area is 223 Å². The predicted octanol–water partition coefficient (Wildman–Crippen LogP) is 2.80. The van der Waals surface area contributed by atoms with E-state index in [1.165, 1.54) is 29.9 Å². The molecule has 0 saturated heterocycles. The smallest absolute Gasteiger partial charge is 0.338 e. The van der Waals surface area contributed by atoms with Gasteiger partial charge in [-0.2, -0.15) is 0 Å². The van der Waals surface area contributed by atoms with Crippen LogP contribution in [0.25, 0.3) is 6.08 Å². The Kier molecular flexibility index (Phi) is 7.82. The number of thiazole rings is 1. The zero-order chi connectivity index (χ0) is 27.6. The normalized spacial score (nSPS) is 15.0. The molecule has 198 valence electrons. The second-order valence-corrected chi connectivity index (χ2v) is 9.80. The predicted molar refractivity (Wildman–Crippen MR) is 145 cm³/mol. The number of carbonyl (C=O) groups is 2. The van der Waals surface area contributed by atoms with E-state index in [0.717, 1.165) is 11.3 Å². The van der Waals surface area contributed by atoms with Crippen molar-refractivity contribution in [1.29, 1.82) is 0 Å². The van der Waals surface area contributed by atoms with Gasteiger partial charge in [-0.3, -0.25) is 14.2 Å². The summed E-state index contributed by atoms with van der Waals surface area (Å²) < 4.78 is 18.0. The fraction of sp³-hybridized carbons (Fsp3) is 0.286. The summed E-state index contributed by atoms with van der Waals surface area (Å²) in [4.78, 5) is 45.5. The molecule has 1 atom stereocenters. The Morgan fingerprint density at radius 3 is 2.45 bits per heavy atom. The Hall–Kier alpha value is -4.18. The van der Waals surface area contributed by atoms with Crippen molar-refractivity contribution in [2.24, 2.45) is 4.99 Å². The van der Waals surface area contributed by atoms with Crippen molar-refractivity contribution in [1.82, 2.24) is 4.57 Å². The highest BCUT2D eigenvalue weighted by Crippen LogP contribution is 2.36. The van der Waals surface area contributed by atoms with Gasteiger partial charge in [-0.05, 0) is 55.3 Å². The Morgan fingerprint density at radius 1 is 1.13 bits per heavy atom. The highest BCUT2D eigenvalue weighted by Gasteiger charge is 2.34. The van der Waals surface area contributed by atoms with Crippen LogP contribution in [0.3, 0.4) is 0 Å². The molecule has 0 amide bonds. The third-order valence-electron chi connectivity index (χ3n) is 5.98. The SMILES string of the molecule is CCOC(=O)C1=C(C)N=c2sc(=Cc3ccc(N(C)C)cc3)c(=O)n2[C@H]1c1ccc(OC(C)=O)c(OC)c1. The van der Waals surface area contributed by atoms with Gasteiger partial charge in [0.1, 0.15) is 0 Å². The molecule has 1 aliphatic heterocycles. The standard InChI is InChI=1S/C28H29N3O6S/c1-7-36-27(34)24-16(2)29-28-31(25(24)19-10-13-21(37-17(3)32)22(15-19)35-6)26(33)23(38-28)14-18-8-11-20(12-9-18)30(4)5/h8-15,25H,7H2,1-6H3/t25-/m0/s1. The Bertz CT molecular complexity index is 1600. The van der Waals surface area contributed by atoms with Crippen LogP contribution in [0.4, 0.5) is 5.69 Å². The fourth-order valence-corrected chi connectivity index (χ4v) is 5.27. The number of carbonyl (C=O) groups excluding carboxylic acids is 2. The minimum Gasteiger partial charge on any atom is -0.493 e. The van der Waals surface area contributed by atoms with E-state index in [2.05, 4.69) is 4.99 Å². The summed E-state index contributed by atoms with van der Waals surface area (Å²) in [5, 5.41) is 0. The monoisotopic (exact) mass is 535 g/mol. The molecule has 0 aliphatic carbocycles. The largest absolute Gasteiger partial charge is 0.493 e. The first-order valence-corrected chi connectivity index (χ1v) is 12.8. The molecule has 38 heavy (non-hydrogen) atoms. The molecule has 0 bridgehead atoms. The molecular formula is C28H29N3O6S. The lowest BCUT2D eigenvalue weighted by molar-refractivity contribution is -0.139. The fourth-order valence-electron chi connectivity index (χ4n) is 4.22. The van der Waals surface area contributed by atoms with E-state index < -0.39 is 18.0 Å². The number of hydrogen-bond acceptors (Lipinski definition) is 9. The van der Waals surface area contributed by atoms with E-state index in [1.807, 2.05) is 49.3 Å². The highest BCUT2D eigenvalue weighted by molar-refractivity contribution is 7.07. The number of benzene rings is 2. The van der Waals surface area contributed by atoms with Crippen molar-refractivity contribution in [3.05, 3.63) is 84.5 Å². The molecule has 10 heteroatoms. The van der Waals surface area contributed by atoms with Crippen LogP contribution in [0.1, 0.15) is 37.9 Å². The van der Waals surface area contributed by atoms with Gasteiger partial charge in [-0.1, -0.05) is 29.5 Å². The molecule has 3 aromatic rings. The molecule has 0 fully saturated rings. The number of ether oxygens (including phenoxy) is 3. The summed E-state index contributed by atoms with van der Waals surface area (Å²) in [6, 6.07) is 12.0. The number of nitrogens with zero attached hydrogens (tertiary/aromatic N) is 3. The first-order chi connectivity index (χ1) is 18.1. The number of aromatic nitrogens is 1. The topological polar surface area (TPSA) is 99.4 Å². The van der Waals surface area contributed by atoms with Gasteiger partial charge in [0.15, 0.2) is 16.3 Å². The van der Waals surface area contributed by atoms with Crippen molar-refractivity contribution in [3.63, 3.8) is 0 Å². The number of esters is 2. The first kappa shape index (κ1) is 26.9. The molecule has 2 heterocycles. The van der Waals surface area contributed by atoms with E-state index in [4.69, 9.17) is 14.2 Å². The minimum absolute atomic E-state index is 0.171. The number of methoxy groups -OCH3 is 1. The molecular weight excluding hydrogens is 506 g/mol. The lowest BCUT2D eigenvalue weighted by Crippen LogP contribution is -2.40. The second-order valence-electron chi connectivity index (χ2n) is 8.79. The zero-order valence-corrected chi connectivity index (χ0v) is 22.9. The van der Waals surface area contributed by atoms with Crippen LogP contribution < -0.4 is 29.3 Å². The highest BCUT2D eigenvalue weighted by atomic mass is 32.1. The number of rotatable bonds is 7. The number of fused-ring (bicyclic) bond motifs is 1. The number of hydrogen-bond donors (Lipinski definition) is 0. The Balaban J connectivity index is 1.91. The Morgan fingerprint density at radius 2 is 1.84 bits per heavy atom. The van der Waals surface area contributed by atoms with Crippen LogP contribution >= 0.6 is 11.3 Å². The van der Waals surface area contributed by atoms with Crippen molar-refractivity contribution in [2.45, 2.75) is 26.8 Å². The van der Waals surface area contributed by atoms with Crippen LogP contribution in [-0.2, 0) is 14.3 Å². The molecule has 1 aliphatic rings. The molecule has 0 spiro atoms. The molecule has 0 unspecified atom stereocenters. The van der Waals surface area contributed by atoms with Crippen LogP contribution in [-0.4, -0.2) is 44.3 Å². The van der Waals surface area contributed by atoms with Gasteiger partial charge in [-0.25, -0.2) is 9.79 Å². The molecule has 0 radical (unpaired) electrons. The average molecular weight is 536 g/mol. The maximum atomic E-state index is 13.8. The maximum absolute atomic E-state index is 13.8. The van der Waals surface area contributed by atoms with Gasteiger partial charge in [0.2, 0.25) is 0 Å². The van der Waals surface area contributed by atoms with Gasteiger partial charge >= 0.3 is 11.9 Å². The van der Waals surface area contributed by atoms with Gasteiger partial charge < -0.3 is 19.1 Å². The third kappa shape index (κ3) is 5.26. The van der Waals surface area contributed by atoms with Crippen molar-refractivity contribution in [2.75, 3.05) is 32.7 Å². The number of anilines is 1. The summed E-state index contributed by atoms with van der Waals surface area (Å²) in [5.74, 6) is -0.532. The summed E-state index contributed by atoms with van der Waals surface area (Å²) in [6.07, 6.45) is 1.81. The quantitative estimate of drug-likeness (QED) is 0.339. The lowest BCUT2D eigenvalue weighted by Gasteiger charge is -2.25. The van der Waals surface area contributed by atoms with E-state index in [0.29, 0.717) is 26.3 Å². The first-order valence-electron chi connectivity index (χ1n) is 12.0. The van der Waals surface area contributed by atoms with Gasteiger partial charge in [0, 0.05) is 26.7 Å². The van der Waals surface area contributed by atoms with Crippen LogP contribution in [0.15, 0.2) is 63.5 Å². The van der Waals surface area contributed by atoms with Gasteiger partial charge in [0.05, 0.1) is 35.6 Å². The molecule has 4 rings (SSSR count). The van der Waals surface area contributed by atoms with Crippen LogP contribution in [0.2, 0.25) is 0 Å². The summed E-state index contributed by atoms with van der Waals surface area (Å²) in [6.45, 7) is 4.91. The van der Waals surface area contributed by atoms with E-state index in [-0.39, 0.29) is 23.5 Å². The van der Waals surface area contributed by atoms with Gasteiger partial charge in [0.25, 0.3) is 5.56 Å². The van der Waals surface area contributed by atoms with Crippen LogP contribution in [0.5, 0.6) is 11.5 Å². The lowest BCUT2D eigenvalue weighted by atomic mass is 9.95. The molecule has 0 saturated carbocycles. The summed E-state index contributed by atoms with van der Waals surface area (Å²) >= 11 is 1.25. The molecule has 2 aromatic carbocycles. The van der Waals surface area contributed by atoms with Crippen molar-refractivity contribution < 1.29 is 23.8 Å². The van der Waals surface area contributed by atoms with Gasteiger partial charge in [-0.15, -0.1) is 0 Å². The number of allylic oxidation sites excluding steroid dienone is 1. The van der Waals surface area contributed by atoms with Crippen LogP contribution in [0, 0.1) is 0 Å². The minimum atomic E-state index is -0.816. The summed E-state index contributed by atoms with van der Waals surface area (Å²) in [5.41, 5.74) is 2.92. The van der Waals surface area contributed by atoms with Crippen molar-refractivity contribution >= 4 is 35.0 Å². The third-order valence-corrected chi connectivity index (χ3v) is 6.96. The van der Waals surface area contributed by atoms with E-state index in [1.54, 1.807) is 32.0 Å². The average Bonchev–Trinajstić information content (AvgIpc) is 3.17. The van der Waals surface area contributed by atoms with Crippen molar-refractivity contribution in [3.8, 4) is 11.5 Å². The maximum Gasteiger partial charge on any atom is 0.338 e. The molecule has 9 nitrogen and oxygen atoms in total. The zero-order valence-electron chi connectivity index (χ0n) is 22.1. The van der Waals surface area contributed by atoms with E-state index in [9.17, 15) is 14.4 Å². The molecule has 0 N–H and O–H groups in total. The summed E-state index contributed by atoms with van der Waals surface area (Å²) in [7, 11) is 5.38. The molecule has 1 aromatic heterocycles.